The van der Waals surface area contributed by atoms with E-state index in [0.29, 0.717) is 19.6 Å². The number of benzene rings is 2. The maximum atomic E-state index is 11.9. The standard InChI is InChI=1S/C19H23NO2/c1-14-8-9-16(3)18(12-14)22-11-10-20-19(21)13-17-7-5-4-6-15(17)2/h4-9,12H,10-11,13H2,1-3H3,(H,20,21). The quantitative estimate of drug-likeness (QED) is 0.830. The zero-order valence-electron chi connectivity index (χ0n) is 13.5. The summed E-state index contributed by atoms with van der Waals surface area (Å²) in [5.74, 6) is 0.909. The molecule has 0 aliphatic heterocycles. The van der Waals surface area contributed by atoms with Gasteiger partial charge >= 0.3 is 0 Å². The first-order valence-corrected chi connectivity index (χ1v) is 7.57. The summed E-state index contributed by atoms with van der Waals surface area (Å²) in [7, 11) is 0. The van der Waals surface area contributed by atoms with Crippen LogP contribution in [0.3, 0.4) is 0 Å². The van der Waals surface area contributed by atoms with Gasteiger partial charge in [0, 0.05) is 0 Å². The highest BCUT2D eigenvalue weighted by molar-refractivity contribution is 5.78. The lowest BCUT2D eigenvalue weighted by atomic mass is 10.1. The summed E-state index contributed by atoms with van der Waals surface area (Å²) in [5, 5.41) is 2.90. The van der Waals surface area contributed by atoms with Crippen LogP contribution in [0.1, 0.15) is 22.3 Å². The average molecular weight is 297 g/mol. The maximum absolute atomic E-state index is 11.9. The fourth-order valence-corrected chi connectivity index (χ4v) is 2.26. The summed E-state index contributed by atoms with van der Waals surface area (Å²) in [6, 6.07) is 14.1. The van der Waals surface area contributed by atoms with Gasteiger partial charge in [-0.25, -0.2) is 0 Å². The molecule has 0 bridgehead atoms. The normalized spacial score (nSPS) is 10.3. The van der Waals surface area contributed by atoms with E-state index in [2.05, 4.69) is 11.4 Å². The summed E-state index contributed by atoms with van der Waals surface area (Å²) in [6.45, 7) is 7.07. The highest BCUT2D eigenvalue weighted by Gasteiger charge is 2.05. The minimum Gasteiger partial charge on any atom is -0.491 e. The summed E-state index contributed by atoms with van der Waals surface area (Å²) < 4.78 is 5.73. The van der Waals surface area contributed by atoms with Crippen LogP contribution in [0.4, 0.5) is 0 Å². The van der Waals surface area contributed by atoms with E-state index < -0.39 is 0 Å². The first-order chi connectivity index (χ1) is 10.6. The second kappa shape index (κ2) is 7.64. The number of carbonyl (C=O) groups is 1. The number of aryl methyl sites for hydroxylation is 3. The third-order valence-corrected chi connectivity index (χ3v) is 3.64. The van der Waals surface area contributed by atoms with Crippen molar-refractivity contribution < 1.29 is 9.53 Å². The summed E-state index contributed by atoms with van der Waals surface area (Å²) in [6.07, 6.45) is 0.413. The molecule has 116 valence electrons. The highest BCUT2D eigenvalue weighted by atomic mass is 16.5. The topological polar surface area (TPSA) is 38.3 Å². The Balaban J connectivity index is 1.76. The van der Waals surface area contributed by atoms with Crippen LogP contribution in [-0.4, -0.2) is 19.1 Å². The Morgan fingerprint density at radius 3 is 2.59 bits per heavy atom. The second-order valence-corrected chi connectivity index (χ2v) is 5.57. The van der Waals surface area contributed by atoms with Crippen LogP contribution in [0.2, 0.25) is 0 Å². The zero-order chi connectivity index (χ0) is 15.9. The van der Waals surface area contributed by atoms with Crippen molar-refractivity contribution in [2.24, 2.45) is 0 Å². The number of ether oxygens (including phenoxy) is 1. The molecule has 2 aromatic carbocycles. The number of carbonyl (C=O) groups excluding carboxylic acids is 1. The summed E-state index contributed by atoms with van der Waals surface area (Å²) in [5.41, 5.74) is 4.49. The van der Waals surface area contributed by atoms with Gasteiger partial charge in [0.05, 0.1) is 13.0 Å². The van der Waals surface area contributed by atoms with Crippen LogP contribution < -0.4 is 10.1 Å². The lowest BCUT2D eigenvalue weighted by Crippen LogP contribution is -2.29. The largest absolute Gasteiger partial charge is 0.491 e. The molecule has 3 nitrogen and oxygen atoms in total. The van der Waals surface area contributed by atoms with Crippen molar-refractivity contribution >= 4 is 5.91 Å². The molecule has 0 heterocycles. The summed E-state index contributed by atoms with van der Waals surface area (Å²) >= 11 is 0. The van der Waals surface area contributed by atoms with Gasteiger partial charge in [0.2, 0.25) is 5.91 Å². The number of hydrogen-bond donors (Lipinski definition) is 1. The molecule has 3 heteroatoms. The van der Waals surface area contributed by atoms with E-state index in [-0.39, 0.29) is 5.91 Å². The van der Waals surface area contributed by atoms with Gasteiger partial charge < -0.3 is 10.1 Å². The second-order valence-electron chi connectivity index (χ2n) is 5.57. The van der Waals surface area contributed by atoms with Gasteiger partial charge in [-0.05, 0) is 49.1 Å². The predicted octanol–water partition coefficient (Wildman–Crippen LogP) is 3.35. The van der Waals surface area contributed by atoms with Crippen molar-refractivity contribution in [2.45, 2.75) is 27.2 Å². The first-order valence-electron chi connectivity index (χ1n) is 7.57. The van der Waals surface area contributed by atoms with Crippen LogP contribution in [0.15, 0.2) is 42.5 Å². The lowest BCUT2D eigenvalue weighted by Gasteiger charge is -2.11. The summed E-state index contributed by atoms with van der Waals surface area (Å²) in [4.78, 5) is 11.9. The van der Waals surface area contributed by atoms with Gasteiger partial charge in [-0.2, -0.15) is 0 Å². The Bertz CT molecular complexity index is 650. The fourth-order valence-electron chi connectivity index (χ4n) is 2.26. The first kappa shape index (κ1) is 16.1. The van der Waals surface area contributed by atoms with E-state index in [4.69, 9.17) is 4.74 Å². The third kappa shape index (κ3) is 4.62. The van der Waals surface area contributed by atoms with Crippen LogP contribution in [-0.2, 0) is 11.2 Å². The average Bonchev–Trinajstić information content (AvgIpc) is 2.49. The van der Waals surface area contributed by atoms with E-state index in [1.54, 1.807) is 0 Å². The maximum Gasteiger partial charge on any atom is 0.224 e. The molecule has 0 saturated carbocycles. The number of nitrogens with one attached hydrogen (secondary N) is 1. The molecular weight excluding hydrogens is 274 g/mol. The van der Waals surface area contributed by atoms with E-state index in [1.807, 2.05) is 57.2 Å². The number of rotatable bonds is 6. The Morgan fingerprint density at radius 2 is 1.82 bits per heavy atom. The van der Waals surface area contributed by atoms with Gasteiger partial charge in [0.25, 0.3) is 0 Å². The molecule has 0 radical (unpaired) electrons. The van der Waals surface area contributed by atoms with Crippen LogP contribution >= 0.6 is 0 Å². The molecule has 2 aromatic rings. The van der Waals surface area contributed by atoms with E-state index >= 15 is 0 Å². The minimum absolute atomic E-state index is 0.0267. The molecule has 0 saturated heterocycles. The SMILES string of the molecule is Cc1ccc(C)c(OCCNC(=O)Cc2ccccc2C)c1. The number of amides is 1. The molecule has 1 amide bonds. The van der Waals surface area contributed by atoms with Crippen molar-refractivity contribution in [3.8, 4) is 5.75 Å². The Hall–Kier alpha value is -2.29. The molecule has 22 heavy (non-hydrogen) atoms. The highest BCUT2D eigenvalue weighted by Crippen LogP contribution is 2.18. The fraction of sp³-hybridized carbons (Fsp3) is 0.316. The zero-order valence-corrected chi connectivity index (χ0v) is 13.5. The van der Waals surface area contributed by atoms with Gasteiger partial charge in [-0.15, -0.1) is 0 Å². The number of hydrogen-bond acceptors (Lipinski definition) is 2. The molecular formula is C19H23NO2. The van der Waals surface area contributed by atoms with Crippen molar-refractivity contribution in [1.29, 1.82) is 0 Å². The third-order valence-electron chi connectivity index (χ3n) is 3.64. The Labute approximate surface area is 132 Å². The minimum atomic E-state index is 0.0267. The van der Waals surface area contributed by atoms with Crippen molar-refractivity contribution in [3.63, 3.8) is 0 Å². The molecule has 0 atom stereocenters. The van der Waals surface area contributed by atoms with Crippen molar-refractivity contribution in [1.82, 2.24) is 5.32 Å². The van der Waals surface area contributed by atoms with Crippen LogP contribution in [0, 0.1) is 20.8 Å². The van der Waals surface area contributed by atoms with Gasteiger partial charge in [-0.3, -0.25) is 4.79 Å². The molecule has 0 fully saturated rings. The van der Waals surface area contributed by atoms with Gasteiger partial charge in [0.15, 0.2) is 0 Å². The molecule has 0 spiro atoms. The van der Waals surface area contributed by atoms with E-state index in [1.165, 1.54) is 5.56 Å². The predicted molar refractivity (Wildman–Crippen MR) is 89.3 cm³/mol. The molecule has 0 aromatic heterocycles. The lowest BCUT2D eigenvalue weighted by molar-refractivity contribution is -0.120. The smallest absolute Gasteiger partial charge is 0.224 e. The Morgan fingerprint density at radius 1 is 1.05 bits per heavy atom. The van der Waals surface area contributed by atoms with Crippen LogP contribution in [0.5, 0.6) is 5.75 Å². The molecule has 0 aliphatic rings. The molecule has 2 rings (SSSR count). The molecule has 0 aliphatic carbocycles. The van der Waals surface area contributed by atoms with Gasteiger partial charge in [0.1, 0.15) is 12.4 Å². The van der Waals surface area contributed by atoms with E-state index in [9.17, 15) is 4.79 Å². The molecule has 1 N–H and O–H groups in total. The van der Waals surface area contributed by atoms with Crippen molar-refractivity contribution in [3.05, 3.63) is 64.7 Å². The molecule has 0 unspecified atom stereocenters. The van der Waals surface area contributed by atoms with E-state index in [0.717, 1.165) is 22.4 Å². The Kier molecular flexibility index (Phi) is 5.59. The van der Waals surface area contributed by atoms with Gasteiger partial charge in [-0.1, -0.05) is 36.4 Å². The monoisotopic (exact) mass is 297 g/mol. The van der Waals surface area contributed by atoms with Crippen LogP contribution in [0.25, 0.3) is 0 Å². The van der Waals surface area contributed by atoms with Crippen molar-refractivity contribution in [2.75, 3.05) is 13.2 Å².